The van der Waals surface area contributed by atoms with Crippen LogP contribution in [0, 0.1) is 11.3 Å². The van der Waals surface area contributed by atoms with Gasteiger partial charge in [0.2, 0.25) is 0 Å². The Balaban J connectivity index is 2.06. The molecular weight excluding hydrogens is 241 g/mol. The molecule has 1 spiro atoms. The van der Waals surface area contributed by atoms with E-state index in [-0.39, 0.29) is 12.0 Å². The van der Waals surface area contributed by atoms with Crippen LogP contribution in [0.3, 0.4) is 0 Å². The second-order valence-electron chi connectivity index (χ2n) is 6.80. The van der Waals surface area contributed by atoms with E-state index < -0.39 is 17.5 Å². The standard InChI is InChI=1S/C13H23F3N2/c1-11(2,17)8-18-7-4-10(13(14,15)16)12(9-18)5-3-6-12/h10H,3-9,17H2,1-2H3. The normalized spacial score (nSPS) is 29.3. The number of piperidine rings is 1. The van der Waals surface area contributed by atoms with E-state index in [0.717, 1.165) is 19.3 Å². The SMILES string of the molecule is CC(C)(N)CN1CCC(C(F)(F)F)C2(CCC2)C1. The van der Waals surface area contributed by atoms with Crippen LogP contribution in [0.5, 0.6) is 0 Å². The molecule has 0 amide bonds. The first-order valence-corrected chi connectivity index (χ1v) is 6.70. The van der Waals surface area contributed by atoms with Gasteiger partial charge in [0.15, 0.2) is 0 Å². The van der Waals surface area contributed by atoms with Crippen molar-refractivity contribution in [1.82, 2.24) is 4.90 Å². The fourth-order valence-corrected chi connectivity index (χ4v) is 3.61. The maximum Gasteiger partial charge on any atom is 0.392 e. The van der Waals surface area contributed by atoms with Gasteiger partial charge in [-0.3, -0.25) is 0 Å². The molecule has 106 valence electrons. The first-order valence-electron chi connectivity index (χ1n) is 6.70. The number of hydrogen-bond donors (Lipinski definition) is 1. The van der Waals surface area contributed by atoms with E-state index >= 15 is 0 Å². The number of nitrogens with zero attached hydrogens (tertiary/aromatic N) is 1. The lowest BCUT2D eigenvalue weighted by atomic mass is 9.58. The van der Waals surface area contributed by atoms with Gasteiger partial charge in [-0.05, 0) is 45.1 Å². The summed E-state index contributed by atoms with van der Waals surface area (Å²) in [7, 11) is 0. The summed E-state index contributed by atoms with van der Waals surface area (Å²) in [6, 6.07) is 0. The van der Waals surface area contributed by atoms with Crippen LogP contribution >= 0.6 is 0 Å². The molecule has 5 heteroatoms. The first kappa shape index (κ1) is 14.1. The molecule has 1 saturated carbocycles. The van der Waals surface area contributed by atoms with Gasteiger partial charge in [-0.15, -0.1) is 0 Å². The molecule has 2 rings (SSSR count). The van der Waals surface area contributed by atoms with Gasteiger partial charge in [0, 0.05) is 18.6 Å². The molecule has 0 radical (unpaired) electrons. The Kier molecular flexibility index (Phi) is 3.43. The van der Waals surface area contributed by atoms with Crippen LogP contribution < -0.4 is 5.73 Å². The summed E-state index contributed by atoms with van der Waals surface area (Å²) in [4.78, 5) is 2.13. The predicted molar refractivity (Wildman–Crippen MR) is 65.2 cm³/mol. The minimum atomic E-state index is -4.04. The van der Waals surface area contributed by atoms with E-state index in [9.17, 15) is 13.2 Å². The van der Waals surface area contributed by atoms with Crippen molar-refractivity contribution in [2.45, 2.75) is 51.2 Å². The molecule has 0 aromatic carbocycles. The average molecular weight is 264 g/mol. The third-order valence-corrected chi connectivity index (χ3v) is 4.39. The Morgan fingerprint density at radius 2 is 1.89 bits per heavy atom. The average Bonchev–Trinajstić information content (AvgIpc) is 2.10. The monoisotopic (exact) mass is 264 g/mol. The number of rotatable bonds is 2. The van der Waals surface area contributed by atoms with E-state index in [0.29, 0.717) is 19.6 Å². The van der Waals surface area contributed by atoms with Crippen molar-refractivity contribution in [3.63, 3.8) is 0 Å². The summed E-state index contributed by atoms with van der Waals surface area (Å²) in [5.41, 5.74) is 5.12. The maximum absolute atomic E-state index is 13.1. The van der Waals surface area contributed by atoms with Crippen molar-refractivity contribution in [2.24, 2.45) is 17.1 Å². The molecule has 2 nitrogen and oxygen atoms in total. The highest BCUT2D eigenvalue weighted by atomic mass is 19.4. The predicted octanol–water partition coefficient (Wildman–Crippen LogP) is 2.78. The largest absolute Gasteiger partial charge is 0.392 e. The molecule has 1 aliphatic heterocycles. The zero-order chi connectivity index (χ0) is 13.6. The highest BCUT2D eigenvalue weighted by Gasteiger charge is 2.57. The lowest BCUT2D eigenvalue weighted by molar-refractivity contribution is -0.238. The van der Waals surface area contributed by atoms with Crippen molar-refractivity contribution in [2.75, 3.05) is 19.6 Å². The van der Waals surface area contributed by atoms with Gasteiger partial charge in [0.25, 0.3) is 0 Å². The Morgan fingerprint density at radius 3 is 2.28 bits per heavy atom. The molecule has 2 N–H and O–H groups in total. The van der Waals surface area contributed by atoms with E-state index in [2.05, 4.69) is 4.90 Å². The summed E-state index contributed by atoms with van der Waals surface area (Å²) < 4.78 is 39.2. The summed E-state index contributed by atoms with van der Waals surface area (Å²) in [6.45, 7) is 5.62. The van der Waals surface area contributed by atoms with Gasteiger partial charge in [-0.1, -0.05) is 6.42 Å². The molecule has 1 aliphatic carbocycles. The van der Waals surface area contributed by atoms with E-state index in [1.54, 1.807) is 0 Å². The Morgan fingerprint density at radius 1 is 1.28 bits per heavy atom. The fourth-order valence-electron chi connectivity index (χ4n) is 3.61. The molecule has 18 heavy (non-hydrogen) atoms. The highest BCUT2D eigenvalue weighted by Crippen LogP contribution is 2.56. The maximum atomic E-state index is 13.1. The Bertz CT molecular complexity index is 302. The fraction of sp³-hybridized carbons (Fsp3) is 1.00. The molecule has 0 bridgehead atoms. The Labute approximate surface area is 107 Å². The summed E-state index contributed by atoms with van der Waals surface area (Å²) in [5, 5.41) is 0. The van der Waals surface area contributed by atoms with Gasteiger partial charge in [0.05, 0.1) is 5.92 Å². The van der Waals surface area contributed by atoms with Crippen LogP contribution in [0.15, 0.2) is 0 Å². The van der Waals surface area contributed by atoms with E-state index in [4.69, 9.17) is 5.73 Å². The molecule has 2 aliphatic rings. The minimum Gasteiger partial charge on any atom is -0.324 e. The van der Waals surface area contributed by atoms with Crippen LogP contribution in [0.1, 0.15) is 39.5 Å². The van der Waals surface area contributed by atoms with Gasteiger partial charge < -0.3 is 10.6 Å². The van der Waals surface area contributed by atoms with Crippen molar-refractivity contribution < 1.29 is 13.2 Å². The topological polar surface area (TPSA) is 29.3 Å². The van der Waals surface area contributed by atoms with Gasteiger partial charge in [0.1, 0.15) is 0 Å². The van der Waals surface area contributed by atoms with Gasteiger partial charge >= 0.3 is 6.18 Å². The summed E-state index contributed by atoms with van der Waals surface area (Å²) in [6.07, 6.45) is -1.42. The molecule has 1 heterocycles. The highest BCUT2D eigenvalue weighted by molar-refractivity contribution is 5.02. The molecular formula is C13H23F3N2. The second kappa shape index (κ2) is 4.37. The van der Waals surface area contributed by atoms with Gasteiger partial charge in [-0.25, -0.2) is 0 Å². The molecule has 1 unspecified atom stereocenters. The second-order valence-corrected chi connectivity index (χ2v) is 6.80. The lowest BCUT2D eigenvalue weighted by Gasteiger charge is -2.54. The van der Waals surface area contributed by atoms with Crippen LogP contribution in [0.25, 0.3) is 0 Å². The quantitative estimate of drug-likeness (QED) is 0.831. The Hall–Kier alpha value is -0.290. The van der Waals surface area contributed by atoms with Crippen molar-refractivity contribution in [3.8, 4) is 0 Å². The third kappa shape index (κ3) is 2.82. The van der Waals surface area contributed by atoms with Gasteiger partial charge in [-0.2, -0.15) is 13.2 Å². The minimum absolute atomic E-state index is 0.236. The third-order valence-electron chi connectivity index (χ3n) is 4.39. The summed E-state index contributed by atoms with van der Waals surface area (Å²) in [5.74, 6) is -1.10. The van der Waals surface area contributed by atoms with Crippen LogP contribution in [0.2, 0.25) is 0 Å². The molecule has 1 saturated heterocycles. The number of nitrogens with two attached hydrogens (primary N) is 1. The van der Waals surface area contributed by atoms with Crippen molar-refractivity contribution >= 4 is 0 Å². The van der Waals surface area contributed by atoms with Crippen LogP contribution in [-0.4, -0.2) is 36.2 Å². The summed E-state index contributed by atoms with van der Waals surface area (Å²) >= 11 is 0. The zero-order valence-electron chi connectivity index (χ0n) is 11.2. The number of hydrogen-bond acceptors (Lipinski definition) is 2. The van der Waals surface area contributed by atoms with Crippen molar-refractivity contribution in [3.05, 3.63) is 0 Å². The first-order chi connectivity index (χ1) is 8.12. The number of halogens is 3. The molecule has 0 aromatic heterocycles. The van der Waals surface area contributed by atoms with E-state index in [1.165, 1.54) is 0 Å². The van der Waals surface area contributed by atoms with E-state index in [1.807, 2.05) is 13.8 Å². The smallest absolute Gasteiger partial charge is 0.324 e. The van der Waals surface area contributed by atoms with Crippen LogP contribution in [0.4, 0.5) is 13.2 Å². The zero-order valence-corrected chi connectivity index (χ0v) is 11.2. The number of alkyl halides is 3. The lowest BCUT2D eigenvalue weighted by Crippen LogP contribution is -2.59. The molecule has 1 atom stereocenters. The molecule has 0 aromatic rings. The number of likely N-dealkylation sites (tertiary alicyclic amines) is 1. The van der Waals surface area contributed by atoms with Crippen molar-refractivity contribution in [1.29, 1.82) is 0 Å². The van der Waals surface area contributed by atoms with Crippen LogP contribution in [-0.2, 0) is 0 Å². The molecule has 2 fully saturated rings.